The summed E-state index contributed by atoms with van der Waals surface area (Å²) in [4.78, 5) is 0. The quantitative estimate of drug-likeness (QED) is 0.654. The summed E-state index contributed by atoms with van der Waals surface area (Å²) in [7, 11) is 0. The van der Waals surface area contributed by atoms with Crippen molar-refractivity contribution in [1.29, 1.82) is 0 Å². The van der Waals surface area contributed by atoms with Gasteiger partial charge in [0.15, 0.2) is 0 Å². The largest absolute Gasteiger partial charge is 0.375 e. The van der Waals surface area contributed by atoms with E-state index in [1.807, 2.05) is 16.9 Å². The minimum Gasteiger partial charge on any atom is -0.375 e. The zero-order valence-electron chi connectivity index (χ0n) is 9.36. The fourth-order valence-corrected chi connectivity index (χ4v) is 1.17. The molecule has 0 saturated carbocycles. The fourth-order valence-electron chi connectivity index (χ4n) is 1.17. The van der Waals surface area contributed by atoms with E-state index in [9.17, 15) is 0 Å². The Morgan fingerprint density at radius 3 is 2.86 bits per heavy atom. The van der Waals surface area contributed by atoms with Crippen LogP contribution in [-0.2, 0) is 11.3 Å². The number of hydrogen-bond acceptors (Lipinski definition) is 2. The number of ether oxygens (including phenoxy) is 1. The molecule has 0 aliphatic heterocycles. The average Bonchev–Trinajstić information content (AvgIpc) is 2.61. The molecule has 3 heteroatoms. The van der Waals surface area contributed by atoms with Crippen molar-refractivity contribution < 1.29 is 4.74 Å². The lowest BCUT2D eigenvalue weighted by molar-refractivity contribution is 0.115. The topological polar surface area (TPSA) is 27.1 Å². The van der Waals surface area contributed by atoms with Crippen LogP contribution >= 0.6 is 0 Å². The Morgan fingerprint density at radius 2 is 2.29 bits per heavy atom. The van der Waals surface area contributed by atoms with Crippen molar-refractivity contribution in [2.45, 2.75) is 46.3 Å². The molecule has 80 valence electrons. The average molecular weight is 196 g/mol. The molecule has 1 aromatic rings. The molecule has 0 fully saturated rings. The molecule has 0 saturated heterocycles. The number of nitrogens with zero attached hydrogens (tertiary/aromatic N) is 2. The Hall–Kier alpha value is -0.830. The molecule has 0 aromatic carbocycles. The molecule has 0 spiro atoms. The van der Waals surface area contributed by atoms with Gasteiger partial charge in [0, 0.05) is 18.8 Å². The highest BCUT2D eigenvalue weighted by Crippen LogP contribution is 2.05. The molecule has 14 heavy (non-hydrogen) atoms. The first-order valence-corrected chi connectivity index (χ1v) is 5.35. The van der Waals surface area contributed by atoms with Gasteiger partial charge in [-0.05, 0) is 26.3 Å². The summed E-state index contributed by atoms with van der Waals surface area (Å²) in [5, 5.41) is 4.40. The predicted octanol–water partition coefficient (Wildman–Crippen LogP) is 2.78. The number of rotatable bonds is 6. The monoisotopic (exact) mass is 196 g/mol. The van der Waals surface area contributed by atoms with Gasteiger partial charge in [-0.3, -0.25) is 4.68 Å². The molecule has 3 nitrogen and oxygen atoms in total. The molecule has 0 atom stereocenters. The Morgan fingerprint density at radius 1 is 1.50 bits per heavy atom. The molecule has 0 aliphatic carbocycles. The Balaban J connectivity index is 2.29. The highest BCUT2D eigenvalue weighted by Gasteiger charge is 2.01. The molecular formula is C11H20N2O. The maximum Gasteiger partial charge on any atom is 0.0906 e. The van der Waals surface area contributed by atoms with Gasteiger partial charge in [-0.1, -0.05) is 13.3 Å². The van der Waals surface area contributed by atoms with Crippen molar-refractivity contribution in [3.8, 4) is 0 Å². The summed E-state index contributed by atoms with van der Waals surface area (Å²) in [6.07, 6.45) is 4.31. The van der Waals surface area contributed by atoms with Crippen molar-refractivity contribution in [1.82, 2.24) is 9.78 Å². The van der Waals surface area contributed by atoms with Crippen LogP contribution in [0.5, 0.6) is 0 Å². The van der Waals surface area contributed by atoms with Gasteiger partial charge in [0.1, 0.15) is 0 Å². The number of aromatic nitrogens is 2. The van der Waals surface area contributed by atoms with Crippen molar-refractivity contribution >= 4 is 0 Å². The van der Waals surface area contributed by atoms with Crippen LogP contribution < -0.4 is 0 Å². The van der Waals surface area contributed by atoms with Crippen LogP contribution in [0.3, 0.4) is 0 Å². The van der Waals surface area contributed by atoms with E-state index < -0.39 is 0 Å². The SMILES string of the molecule is CCCCOCc1ccn(C(C)C)n1. The van der Waals surface area contributed by atoms with Gasteiger partial charge in [-0.15, -0.1) is 0 Å². The molecule has 1 rings (SSSR count). The standard InChI is InChI=1S/C11H20N2O/c1-4-5-8-14-9-11-6-7-13(12-11)10(2)3/h6-7,10H,4-5,8-9H2,1-3H3. The second-order valence-electron chi connectivity index (χ2n) is 3.79. The summed E-state index contributed by atoms with van der Waals surface area (Å²) in [6, 6.07) is 2.45. The lowest BCUT2D eigenvalue weighted by Crippen LogP contribution is -2.02. The van der Waals surface area contributed by atoms with E-state index in [4.69, 9.17) is 4.74 Å². The molecule has 1 heterocycles. The molecule has 0 amide bonds. The Bertz CT molecular complexity index is 256. The van der Waals surface area contributed by atoms with Gasteiger partial charge in [0.25, 0.3) is 0 Å². The number of hydrogen-bond donors (Lipinski definition) is 0. The zero-order valence-corrected chi connectivity index (χ0v) is 9.36. The van der Waals surface area contributed by atoms with E-state index in [2.05, 4.69) is 25.9 Å². The van der Waals surface area contributed by atoms with Gasteiger partial charge in [0.05, 0.1) is 12.3 Å². The summed E-state index contributed by atoms with van der Waals surface area (Å²) < 4.78 is 7.43. The third-order valence-corrected chi connectivity index (χ3v) is 2.08. The third-order valence-electron chi connectivity index (χ3n) is 2.08. The molecule has 0 bridgehead atoms. The molecule has 0 aliphatic rings. The van der Waals surface area contributed by atoms with Crippen molar-refractivity contribution in [3.63, 3.8) is 0 Å². The van der Waals surface area contributed by atoms with Crippen LogP contribution in [-0.4, -0.2) is 16.4 Å². The van der Waals surface area contributed by atoms with Crippen molar-refractivity contribution in [2.75, 3.05) is 6.61 Å². The van der Waals surface area contributed by atoms with E-state index >= 15 is 0 Å². The Labute approximate surface area is 86.1 Å². The smallest absolute Gasteiger partial charge is 0.0906 e. The van der Waals surface area contributed by atoms with Gasteiger partial charge >= 0.3 is 0 Å². The van der Waals surface area contributed by atoms with Gasteiger partial charge in [-0.2, -0.15) is 5.10 Å². The minimum atomic E-state index is 0.430. The van der Waals surface area contributed by atoms with E-state index in [-0.39, 0.29) is 0 Å². The highest BCUT2D eigenvalue weighted by atomic mass is 16.5. The van der Waals surface area contributed by atoms with Crippen LogP contribution in [0.25, 0.3) is 0 Å². The van der Waals surface area contributed by atoms with Gasteiger partial charge in [-0.25, -0.2) is 0 Å². The van der Waals surface area contributed by atoms with Crippen LogP contribution in [0.1, 0.15) is 45.3 Å². The van der Waals surface area contributed by atoms with E-state index in [1.165, 1.54) is 6.42 Å². The maximum absolute atomic E-state index is 5.48. The number of unbranched alkanes of at least 4 members (excludes halogenated alkanes) is 1. The zero-order chi connectivity index (χ0) is 10.4. The predicted molar refractivity (Wildman–Crippen MR) is 57.2 cm³/mol. The highest BCUT2D eigenvalue weighted by molar-refractivity contribution is 4.97. The normalized spacial score (nSPS) is 11.1. The molecule has 1 aromatic heterocycles. The van der Waals surface area contributed by atoms with Crippen LogP contribution in [0.4, 0.5) is 0 Å². The third kappa shape index (κ3) is 3.50. The first kappa shape index (κ1) is 11.2. The minimum absolute atomic E-state index is 0.430. The lowest BCUT2D eigenvalue weighted by Gasteiger charge is -2.04. The Kier molecular flexibility index (Phi) is 4.66. The van der Waals surface area contributed by atoms with Crippen molar-refractivity contribution in [2.24, 2.45) is 0 Å². The van der Waals surface area contributed by atoms with E-state index in [0.29, 0.717) is 12.6 Å². The molecule has 0 N–H and O–H groups in total. The van der Waals surface area contributed by atoms with Gasteiger partial charge in [0.2, 0.25) is 0 Å². The van der Waals surface area contributed by atoms with Crippen LogP contribution in [0, 0.1) is 0 Å². The van der Waals surface area contributed by atoms with Gasteiger partial charge < -0.3 is 4.74 Å². The first-order chi connectivity index (χ1) is 6.74. The lowest BCUT2D eigenvalue weighted by atomic mass is 10.4. The second kappa shape index (κ2) is 5.81. The summed E-state index contributed by atoms with van der Waals surface area (Å²) in [5.41, 5.74) is 1.02. The van der Waals surface area contributed by atoms with Crippen LogP contribution in [0.15, 0.2) is 12.3 Å². The van der Waals surface area contributed by atoms with Crippen LogP contribution in [0.2, 0.25) is 0 Å². The summed E-state index contributed by atoms with van der Waals surface area (Å²) in [6.45, 7) is 7.88. The summed E-state index contributed by atoms with van der Waals surface area (Å²) >= 11 is 0. The van der Waals surface area contributed by atoms with E-state index in [0.717, 1.165) is 18.7 Å². The van der Waals surface area contributed by atoms with Crippen molar-refractivity contribution in [3.05, 3.63) is 18.0 Å². The summed E-state index contributed by atoms with van der Waals surface area (Å²) in [5.74, 6) is 0. The molecule has 0 unspecified atom stereocenters. The first-order valence-electron chi connectivity index (χ1n) is 5.35. The molecular weight excluding hydrogens is 176 g/mol. The van der Waals surface area contributed by atoms with E-state index in [1.54, 1.807) is 0 Å². The maximum atomic E-state index is 5.48. The second-order valence-corrected chi connectivity index (χ2v) is 3.79. The molecule has 0 radical (unpaired) electrons. The fraction of sp³-hybridized carbons (Fsp3) is 0.727.